The Balaban J connectivity index is 2.15. The minimum absolute atomic E-state index is 0.864. The summed E-state index contributed by atoms with van der Waals surface area (Å²) in [5.41, 5.74) is 2.49. The Hall–Kier alpha value is -0.730. The van der Waals surface area contributed by atoms with E-state index in [0.717, 1.165) is 30.6 Å². The van der Waals surface area contributed by atoms with Gasteiger partial charge in [0.05, 0.1) is 10.7 Å². The van der Waals surface area contributed by atoms with E-state index in [2.05, 4.69) is 30.3 Å². The van der Waals surface area contributed by atoms with Crippen LogP contribution < -0.4 is 10.2 Å². The Morgan fingerprint density at radius 2 is 2.18 bits per heavy atom. The summed E-state index contributed by atoms with van der Waals surface area (Å²) in [6, 6.07) is 6.17. The van der Waals surface area contributed by atoms with Crippen LogP contribution in [0, 0.1) is 5.92 Å². The number of benzene rings is 1. The number of anilines is 1. The Kier molecular flexibility index (Phi) is 4.30. The van der Waals surface area contributed by atoms with E-state index in [1.54, 1.807) is 0 Å². The van der Waals surface area contributed by atoms with Crippen molar-refractivity contribution in [3.63, 3.8) is 0 Å². The van der Waals surface area contributed by atoms with E-state index >= 15 is 0 Å². The van der Waals surface area contributed by atoms with Crippen LogP contribution in [0.5, 0.6) is 0 Å². The van der Waals surface area contributed by atoms with Crippen LogP contribution in [0.25, 0.3) is 0 Å². The van der Waals surface area contributed by atoms with Gasteiger partial charge in [-0.05, 0) is 36.9 Å². The Morgan fingerprint density at radius 3 is 2.82 bits per heavy atom. The van der Waals surface area contributed by atoms with E-state index in [9.17, 15) is 0 Å². The fourth-order valence-electron chi connectivity index (χ4n) is 2.17. The molecule has 1 fully saturated rings. The van der Waals surface area contributed by atoms with Gasteiger partial charge in [0.15, 0.2) is 0 Å². The molecule has 94 valence electrons. The summed E-state index contributed by atoms with van der Waals surface area (Å²) in [6.45, 7) is 5.13. The SMILES string of the molecule is CCNCc1cccc(Cl)c1N(C)CC1CC1. The molecule has 0 unspecified atom stereocenters. The van der Waals surface area contributed by atoms with Crippen molar-refractivity contribution in [3.8, 4) is 0 Å². The van der Waals surface area contributed by atoms with Gasteiger partial charge in [0.2, 0.25) is 0 Å². The van der Waals surface area contributed by atoms with E-state index in [1.807, 2.05) is 12.1 Å². The average Bonchev–Trinajstić information content (AvgIpc) is 3.10. The summed E-state index contributed by atoms with van der Waals surface area (Å²) in [5, 5.41) is 4.24. The molecule has 0 atom stereocenters. The second kappa shape index (κ2) is 5.74. The molecule has 2 nitrogen and oxygen atoms in total. The minimum Gasteiger partial charge on any atom is -0.373 e. The molecule has 0 spiro atoms. The van der Waals surface area contributed by atoms with Crippen LogP contribution in [0.2, 0.25) is 5.02 Å². The van der Waals surface area contributed by atoms with Gasteiger partial charge in [-0.2, -0.15) is 0 Å². The summed E-state index contributed by atoms with van der Waals surface area (Å²) in [5.74, 6) is 0.878. The molecule has 3 heteroatoms. The first-order valence-electron chi connectivity index (χ1n) is 6.41. The van der Waals surface area contributed by atoms with E-state index in [-0.39, 0.29) is 0 Å². The van der Waals surface area contributed by atoms with Crippen LogP contribution in [0.1, 0.15) is 25.3 Å². The molecule has 2 rings (SSSR count). The predicted molar refractivity (Wildman–Crippen MR) is 74.8 cm³/mol. The van der Waals surface area contributed by atoms with Crippen LogP contribution in [0.15, 0.2) is 18.2 Å². The highest BCUT2D eigenvalue weighted by Crippen LogP contribution is 2.34. The lowest BCUT2D eigenvalue weighted by Gasteiger charge is -2.24. The maximum absolute atomic E-state index is 6.34. The number of nitrogens with one attached hydrogen (secondary N) is 1. The summed E-state index contributed by atoms with van der Waals surface area (Å²) < 4.78 is 0. The molecule has 0 heterocycles. The maximum Gasteiger partial charge on any atom is 0.0642 e. The standard InChI is InChI=1S/C14H21ClN2/c1-3-16-9-12-5-4-6-13(15)14(12)17(2)10-11-7-8-11/h4-6,11,16H,3,7-10H2,1-2H3. The summed E-state index contributed by atoms with van der Waals surface area (Å²) in [7, 11) is 2.15. The van der Waals surface area contributed by atoms with Crippen molar-refractivity contribution in [2.75, 3.05) is 25.0 Å². The molecule has 1 aliphatic rings. The second-order valence-electron chi connectivity index (χ2n) is 4.85. The molecule has 1 N–H and O–H groups in total. The third-order valence-electron chi connectivity index (χ3n) is 3.25. The third kappa shape index (κ3) is 3.36. The van der Waals surface area contributed by atoms with Crippen molar-refractivity contribution in [2.45, 2.75) is 26.3 Å². The molecule has 1 aromatic rings. The van der Waals surface area contributed by atoms with E-state index in [1.165, 1.54) is 24.1 Å². The molecule has 0 aliphatic heterocycles. The lowest BCUT2D eigenvalue weighted by atomic mass is 10.1. The highest BCUT2D eigenvalue weighted by Gasteiger charge is 2.24. The topological polar surface area (TPSA) is 15.3 Å². The molecule has 17 heavy (non-hydrogen) atoms. The molecule has 0 saturated heterocycles. The molecular weight excluding hydrogens is 232 g/mol. The zero-order valence-corrected chi connectivity index (χ0v) is 11.4. The normalized spacial score (nSPS) is 15.0. The molecule has 1 saturated carbocycles. The molecular formula is C14H21ClN2. The predicted octanol–water partition coefficient (Wildman–Crippen LogP) is 3.30. The van der Waals surface area contributed by atoms with Crippen LogP contribution in [-0.2, 0) is 6.54 Å². The molecule has 0 amide bonds. The van der Waals surface area contributed by atoms with Crippen LogP contribution in [-0.4, -0.2) is 20.1 Å². The molecule has 0 radical (unpaired) electrons. The van der Waals surface area contributed by atoms with Crippen molar-refractivity contribution >= 4 is 17.3 Å². The zero-order chi connectivity index (χ0) is 12.3. The lowest BCUT2D eigenvalue weighted by molar-refractivity contribution is 0.718. The summed E-state index contributed by atoms with van der Waals surface area (Å²) in [4.78, 5) is 2.31. The molecule has 0 bridgehead atoms. The Labute approximate surface area is 109 Å². The van der Waals surface area contributed by atoms with Gasteiger partial charge < -0.3 is 10.2 Å². The van der Waals surface area contributed by atoms with Gasteiger partial charge in [-0.25, -0.2) is 0 Å². The Bertz CT molecular complexity index is 374. The first-order chi connectivity index (χ1) is 8.22. The number of nitrogens with zero attached hydrogens (tertiary/aromatic N) is 1. The smallest absolute Gasteiger partial charge is 0.0642 e. The number of hydrogen-bond acceptors (Lipinski definition) is 2. The average molecular weight is 253 g/mol. The van der Waals surface area contributed by atoms with Crippen molar-refractivity contribution in [1.82, 2.24) is 5.32 Å². The van der Waals surface area contributed by atoms with E-state index in [0.29, 0.717) is 0 Å². The Morgan fingerprint density at radius 1 is 1.41 bits per heavy atom. The van der Waals surface area contributed by atoms with Crippen molar-refractivity contribution in [1.29, 1.82) is 0 Å². The van der Waals surface area contributed by atoms with Crippen LogP contribution in [0.4, 0.5) is 5.69 Å². The molecule has 1 aliphatic carbocycles. The van der Waals surface area contributed by atoms with Crippen molar-refractivity contribution in [3.05, 3.63) is 28.8 Å². The van der Waals surface area contributed by atoms with E-state index in [4.69, 9.17) is 11.6 Å². The fourth-order valence-corrected chi connectivity index (χ4v) is 2.51. The number of para-hydroxylation sites is 1. The highest BCUT2D eigenvalue weighted by molar-refractivity contribution is 6.33. The fraction of sp³-hybridized carbons (Fsp3) is 0.571. The van der Waals surface area contributed by atoms with Crippen molar-refractivity contribution < 1.29 is 0 Å². The van der Waals surface area contributed by atoms with Crippen LogP contribution in [0.3, 0.4) is 0 Å². The lowest BCUT2D eigenvalue weighted by Crippen LogP contribution is -2.23. The third-order valence-corrected chi connectivity index (χ3v) is 3.55. The van der Waals surface area contributed by atoms with Gasteiger partial charge in [-0.15, -0.1) is 0 Å². The molecule has 1 aromatic carbocycles. The summed E-state index contributed by atoms with van der Waals surface area (Å²) >= 11 is 6.34. The second-order valence-corrected chi connectivity index (χ2v) is 5.26. The number of hydrogen-bond donors (Lipinski definition) is 1. The number of rotatable bonds is 6. The highest BCUT2D eigenvalue weighted by atomic mass is 35.5. The monoisotopic (exact) mass is 252 g/mol. The van der Waals surface area contributed by atoms with Crippen molar-refractivity contribution in [2.24, 2.45) is 5.92 Å². The minimum atomic E-state index is 0.864. The summed E-state index contributed by atoms with van der Waals surface area (Å²) in [6.07, 6.45) is 2.74. The van der Waals surface area contributed by atoms with Gasteiger partial charge in [-0.1, -0.05) is 30.7 Å². The van der Waals surface area contributed by atoms with Gasteiger partial charge >= 0.3 is 0 Å². The number of halogens is 1. The van der Waals surface area contributed by atoms with Gasteiger partial charge in [-0.3, -0.25) is 0 Å². The zero-order valence-electron chi connectivity index (χ0n) is 10.7. The largest absolute Gasteiger partial charge is 0.373 e. The van der Waals surface area contributed by atoms with Gasteiger partial charge in [0, 0.05) is 20.1 Å². The van der Waals surface area contributed by atoms with Gasteiger partial charge in [0.25, 0.3) is 0 Å². The first-order valence-corrected chi connectivity index (χ1v) is 6.79. The van der Waals surface area contributed by atoms with Crippen LogP contribution >= 0.6 is 11.6 Å². The quantitative estimate of drug-likeness (QED) is 0.836. The van der Waals surface area contributed by atoms with E-state index < -0.39 is 0 Å². The molecule has 0 aromatic heterocycles. The first kappa shape index (κ1) is 12.7. The van der Waals surface area contributed by atoms with Gasteiger partial charge in [0.1, 0.15) is 0 Å². The maximum atomic E-state index is 6.34.